The first-order chi connectivity index (χ1) is 10.7. The minimum absolute atomic E-state index is 1.31. The van der Waals surface area contributed by atoms with E-state index in [0.717, 1.165) is 0 Å². The molecule has 2 heterocycles. The van der Waals surface area contributed by atoms with Crippen LogP contribution in [0, 0.1) is 6.92 Å². The van der Waals surface area contributed by atoms with Gasteiger partial charge >= 0.3 is 0 Å². The van der Waals surface area contributed by atoms with Crippen molar-refractivity contribution in [1.82, 2.24) is 4.57 Å². The van der Waals surface area contributed by atoms with E-state index in [1.165, 1.54) is 47.5 Å². The van der Waals surface area contributed by atoms with Gasteiger partial charge < -0.3 is 4.57 Å². The second-order valence-corrected chi connectivity index (χ2v) is 7.07. The van der Waals surface area contributed by atoms with Gasteiger partial charge in [0.2, 0.25) is 0 Å². The largest absolute Gasteiger partial charge is 0.342 e. The predicted molar refractivity (Wildman–Crippen MR) is 98.1 cm³/mol. The van der Waals surface area contributed by atoms with E-state index in [4.69, 9.17) is 0 Å². The normalized spacial score (nSPS) is 12.1. The van der Waals surface area contributed by atoms with E-state index >= 15 is 0 Å². The molecule has 0 aliphatic heterocycles. The first-order valence-corrected chi connectivity index (χ1v) is 8.35. The Hall–Kier alpha value is -2.32. The van der Waals surface area contributed by atoms with Gasteiger partial charge in [-0.25, -0.2) is 0 Å². The Morgan fingerprint density at radius 2 is 1.64 bits per heavy atom. The first kappa shape index (κ1) is 12.2. The van der Waals surface area contributed by atoms with Crippen molar-refractivity contribution in [3.63, 3.8) is 0 Å². The van der Waals surface area contributed by atoms with Crippen LogP contribution in [0.1, 0.15) is 5.56 Å². The fourth-order valence-electron chi connectivity index (χ4n) is 3.60. The quantitative estimate of drug-likeness (QED) is 0.330. The monoisotopic (exact) mass is 301 g/mol. The minimum atomic E-state index is 1.31. The number of aryl methyl sites for hydroxylation is 2. The van der Waals surface area contributed by atoms with Crippen molar-refractivity contribution in [2.75, 3.05) is 0 Å². The molecule has 106 valence electrons. The van der Waals surface area contributed by atoms with Gasteiger partial charge in [0.25, 0.3) is 0 Å². The van der Waals surface area contributed by atoms with E-state index in [9.17, 15) is 0 Å². The molecule has 0 aliphatic rings. The Bertz CT molecular complexity index is 1190. The molecule has 2 heteroatoms. The smallest absolute Gasteiger partial charge is 0.0670 e. The maximum Gasteiger partial charge on any atom is 0.0670 e. The van der Waals surface area contributed by atoms with Gasteiger partial charge in [-0.3, -0.25) is 0 Å². The molecular weight excluding hydrogens is 286 g/mol. The molecule has 0 saturated heterocycles. The summed E-state index contributed by atoms with van der Waals surface area (Å²) in [6, 6.07) is 20.0. The van der Waals surface area contributed by atoms with Crippen LogP contribution in [0.3, 0.4) is 0 Å². The second-order valence-electron chi connectivity index (χ2n) is 6.02. The maximum absolute atomic E-state index is 2.35. The van der Waals surface area contributed by atoms with Crippen LogP contribution in [0.25, 0.3) is 42.0 Å². The van der Waals surface area contributed by atoms with E-state index in [1.54, 1.807) is 0 Å². The van der Waals surface area contributed by atoms with Crippen LogP contribution in [0.5, 0.6) is 0 Å². The van der Waals surface area contributed by atoms with Crippen LogP contribution in [0.4, 0.5) is 0 Å². The van der Waals surface area contributed by atoms with Crippen molar-refractivity contribution in [2.45, 2.75) is 6.92 Å². The number of hydrogen-bond acceptors (Lipinski definition) is 1. The molecule has 0 amide bonds. The molecule has 0 bridgehead atoms. The molecule has 0 radical (unpaired) electrons. The molecule has 5 rings (SSSR count). The molecule has 3 aromatic carbocycles. The molecular formula is C20H15NS. The van der Waals surface area contributed by atoms with Gasteiger partial charge in [-0.05, 0) is 25.1 Å². The van der Waals surface area contributed by atoms with Gasteiger partial charge in [0.05, 0.1) is 10.2 Å². The van der Waals surface area contributed by atoms with Gasteiger partial charge in [-0.1, -0.05) is 42.0 Å². The highest BCUT2D eigenvalue weighted by Crippen LogP contribution is 2.41. The molecule has 0 aliphatic carbocycles. The molecule has 0 spiro atoms. The third-order valence-electron chi connectivity index (χ3n) is 4.66. The summed E-state index contributed by atoms with van der Waals surface area (Å²) in [6.07, 6.45) is 0. The second kappa shape index (κ2) is 4.11. The SMILES string of the molecule is Cc1ccc2c(c1)c1ccc3c4ccccc4sc3c1n2C. The van der Waals surface area contributed by atoms with Crippen molar-refractivity contribution >= 4 is 53.3 Å². The molecule has 5 aromatic rings. The van der Waals surface area contributed by atoms with Crippen molar-refractivity contribution in [3.8, 4) is 0 Å². The third kappa shape index (κ3) is 1.43. The summed E-state index contributed by atoms with van der Waals surface area (Å²) in [5.41, 5.74) is 3.99. The molecule has 0 fully saturated rings. The molecule has 1 nitrogen and oxygen atoms in total. The minimum Gasteiger partial charge on any atom is -0.342 e. The molecule has 0 saturated carbocycles. The van der Waals surface area contributed by atoms with Crippen molar-refractivity contribution in [3.05, 3.63) is 60.2 Å². The molecule has 22 heavy (non-hydrogen) atoms. The lowest BCUT2D eigenvalue weighted by Gasteiger charge is -1.99. The van der Waals surface area contributed by atoms with Crippen LogP contribution in [0.15, 0.2) is 54.6 Å². The molecule has 2 aromatic heterocycles. The zero-order valence-corrected chi connectivity index (χ0v) is 13.4. The van der Waals surface area contributed by atoms with E-state index < -0.39 is 0 Å². The number of aromatic nitrogens is 1. The van der Waals surface area contributed by atoms with Gasteiger partial charge in [0, 0.05) is 38.8 Å². The maximum atomic E-state index is 2.35. The summed E-state index contributed by atoms with van der Waals surface area (Å²) >= 11 is 1.90. The lowest BCUT2D eigenvalue weighted by atomic mass is 10.1. The summed E-state index contributed by atoms with van der Waals surface area (Å²) < 4.78 is 5.11. The summed E-state index contributed by atoms with van der Waals surface area (Å²) in [7, 11) is 2.18. The topological polar surface area (TPSA) is 4.93 Å². The number of rotatable bonds is 0. The Balaban J connectivity index is 2.10. The zero-order valence-electron chi connectivity index (χ0n) is 12.6. The third-order valence-corrected chi connectivity index (χ3v) is 5.85. The van der Waals surface area contributed by atoms with E-state index in [1.807, 2.05) is 11.3 Å². The van der Waals surface area contributed by atoms with E-state index in [2.05, 4.69) is 73.1 Å². The van der Waals surface area contributed by atoms with E-state index in [-0.39, 0.29) is 0 Å². The van der Waals surface area contributed by atoms with Gasteiger partial charge in [0.15, 0.2) is 0 Å². The lowest BCUT2D eigenvalue weighted by Crippen LogP contribution is -1.86. The fourth-order valence-corrected chi connectivity index (χ4v) is 4.89. The summed E-state index contributed by atoms with van der Waals surface area (Å²) in [4.78, 5) is 0. The molecule has 0 N–H and O–H groups in total. The van der Waals surface area contributed by atoms with Crippen LogP contribution >= 0.6 is 11.3 Å². The average molecular weight is 301 g/mol. The summed E-state index contributed by atoms with van der Waals surface area (Å²) in [5.74, 6) is 0. The van der Waals surface area contributed by atoms with Gasteiger partial charge in [-0.15, -0.1) is 11.3 Å². The molecule has 0 atom stereocenters. The number of thiophene rings is 1. The lowest BCUT2D eigenvalue weighted by molar-refractivity contribution is 1.02. The van der Waals surface area contributed by atoms with Crippen LogP contribution in [0.2, 0.25) is 0 Å². The van der Waals surface area contributed by atoms with Crippen molar-refractivity contribution < 1.29 is 0 Å². The van der Waals surface area contributed by atoms with Crippen molar-refractivity contribution in [2.24, 2.45) is 7.05 Å². The summed E-state index contributed by atoms with van der Waals surface area (Å²) in [6.45, 7) is 2.16. The zero-order chi connectivity index (χ0) is 14.8. The number of hydrogen-bond donors (Lipinski definition) is 0. The Morgan fingerprint density at radius 1 is 0.818 bits per heavy atom. The van der Waals surface area contributed by atoms with Gasteiger partial charge in [-0.2, -0.15) is 0 Å². The highest BCUT2D eigenvalue weighted by atomic mass is 32.1. The standard InChI is InChI=1S/C20H15NS/c1-12-7-10-17-16(11-12)14-8-9-15-13-5-3-4-6-18(13)22-20(15)19(14)21(17)2/h3-11H,1-2H3. The Kier molecular flexibility index (Phi) is 2.29. The number of benzene rings is 3. The van der Waals surface area contributed by atoms with Crippen molar-refractivity contribution in [1.29, 1.82) is 0 Å². The first-order valence-electron chi connectivity index (χ1n) is 7.53. The van der Waals surface area contributed by atoms with Crippen LogP contribution < -0.4 is 0 Å². The highest BCUT2D eigenvalue weighted by Gasteiger charge is 2.14. The predicted octanol–water partition coefficient (Wildman–Crippen LogP) is 6.01. The Morgan fingerprint density at radius 3 is 2.55 bits per heavy atom. The summed E-state index contributed by atoms with van der Waals surface area (Å²) in [5, 5.41) is 5.46. The van der Waals surface area contributed by atoms with Crippen LogP contribution in [-0.2, 0) is 7.05 Å². The van der Waals surface area contributed by atoms with Crippen LogP contribution in [-0.4, -0.2) is 4.57 Å². The molecule has 0 unspecified atom stereocenters. The fraction of sp³-hybridized carbons (Fsp3) is 0.100. The average Bonchev–Trinajstić information content (AvgIpc) is 3.03. The van der Waals surface area contributed by atoms with Gasteiger partial charge in [0.1, 0.15) is 0 Å². The number of fused-ring (bicyclic) bond motifs is 7. The van der Waals surface area contributed by atoms with E-state index in [0.29, 0.717) is 0 Å². The Labute approximate surface area is 132 Å². The number of nitrogens with zero attached hydrogens (tertiary/aromatic N) is 1. The highest BCUT2D eigenvalue weighted by molar-refractivity contribution is 7.26.